The standard InChI is InChI=1S/C19H27FN4O2S/c1-14(2)27(25,26)21-13-15-3-7-17(8-4-15)22-19-11-12-24(23-19)18-9-5-16(20)6-10-18/h5-6,9-12,14-15,17,21H,3-4,7-8,13H2,1-2H3,(H,22,23). The van der Waals surface area contributed by atoms with E-state index in [1.165, 1.54) is 12.1 Å². The average Bonchev–Trinajstić information content (AvgIpc) is 3.10. The quantitative estimate of drug-likeness (QED) is 0.755. The van der Waals surface area contributed by atoms with Gasteiger partial charge in [0.2, 0.25) is 10.0 Å². The van der Waals surface area contributed by atoms with Crippen LogP contribution in [0.25, 0.3) is 5.69 Å². The molecule has 1 aromatic carbocycles. The molecule has 1 saturated carbocycles. The largest absolute Gasteiger partial charge is 0.366 e. The molecule has 1 aliphatic rings. The minimum atomic E-state index is -3.19. The van der Waals surface area contributed by atoms with Gasteiger partial charge in [0.25, 0.3) is 0 Å². The molecule has 8 heteroatoms. The highest BCUT2D eigenvalue weighted by Gasteiger charge is 2.24. The summed E-state index contributed by atoms with van der Waals surface area (Å²) in [5.74, 6) is 0.910. The Kier molecular flexibility index (Phi) is 6.16. The summed E-state index contributed by atoms with van der Waals surface area (Å²) in [6, 6.07) is 8.45. The van der Waals surface area contributed by atoms with Crippen LogP contribution in [0.15, 0.2) is 36.5 Å². The second-order valence-electron chi connectivity index (χ2n) is 7.43. The van der Waals surface area contributed by atoms with Crippen molar-refractivity contribution in [2.75, 3.05) is 11.9 Å². The summed E-state index contributed by atoms with van der Waals surface area (Å²) in [5.41, 5.74) is 0.811. The van der Waals surface area contributed by atoms with E-state index in [2.05, 4.69) is 15.1 Å². The zero-order chi connectivity index (χ0) is 19.4. The number of anilines is 1. The third kappa shape index (κ3) is 5.29. The van der Waals surface area contributed by atoms with Crippen LogP contribution in [-0.4, -0.2) is 36.0 Å². The van der Waals surface area contributed by atoms with Crippen molar-refractivity contribution < 1.29 is 12.8 Å². The number of sulfonamides is 1. The zero-order valence-corrected chi connectivity index (χ0v) is 16.5. The number of nitrogens with zero attached hydrogens (tertiary/aromatic N) is 2. The van der Waals surface area contributed by atoms with Crippen LogP contribution in [0.1, 0.15) is 39.5 Å². The van der Waals surface area contributed by atoms with Crippen LogP contribution in [0.4, 0.5) is 10.2 Å². The Bertz CT molecular complexity index is 841. The predicted octanol–water partition coefficient (Wildman–Crippen LogP) is 3.31. The van der Waals surface area contributed by atoms with Crippen molar-refractivity contribution in [1.82, 2.24) is 14.5 Å². The van der Waals surface area contributed by atoms with E-state index in [1.807, 2.05) is 12.3 Å². The van der Waals surface area contributed by atoms with E-state index in [0.717, 1.165) is 37.2 Å². The monoisotopic (exact) mass is 394 g/mol. The Balaban J connectivity index is 1.48. The molecule has 27 heavy (non-hydrogen) atoms. The van der Waals surface area contributed by atoms with Crippen LogP contribution in [0.2, 0.25) is 0 Å². The minimum absolute atomic E-state index is 0.267. The number of benzene rings is 1. The summed E-state index contributed by atoms with van der Waals surface area (Å²) in [7, 11) is -3.19. The zero-order valence-electron chi connectivity index (χ0n) is 15.7. The minimum Gasteiger partial charge on any atom is -0.366 e. The van der Waals surface area contributed by atoms with Crippen LogP contribution in [-0.2, 0) is 10.0 Å². The average molecular weight is 395 g/mol. The lowest BCUT2D eigenvalue weighted by molar-refractivity contribution is 0.336. The third-order valence-corrected chi connectivity index (χ3v) is 6.88. The fraction of sp³-hybridized carbons (Fsp3) is 0.526. The van der Waals surface area contributed by atoms with E-state index in [4.69, 9.17) is 0 Å². The lowest BCUT2D eigenvalue weighted by Crippen LogP contribution is -2.37. The maximum absolute atomic E-state index is 13.0. The Labute approximate surface area is 160 Å². The molecule has 3 rings (SSSR count). The van der Waals surface area contributed by atoms with E-state index in [0.29, 0.717) is 18.5 Å². The molecule has 0 saturated heterocycles. The SMILES string of the molecule is CC(C)S(=O)(=O)NCC1CCC(Nc2ccn(-c3ccc(F)cc3)n2)CC1. The van der Waals surface area contributed by atoms with Crippen LogP contribution < -0.4 is 10.0 Å². The van der Waals surface area contributed by atoms with Crippen LogP contribution >= 0.6 is 0 Å². The van der Waals surface area contributed by atoms with Crippen molar-refractivity contribution in [2.45, 2.75) is 50.8 Å². The van der Waals surface area contributed by atoms with Crippen molar-refractivity contribution in [3.05, 3.63) is 42.3 Å². The van der Waals surface area contributed by atoms with Crippen LogP contribution in [0.5, 0.6) is 0 Å². The Morgan fingerprint density at radius 3 is 2.44 bits per heavy atom. The third-order valence-electron chi connectivity index (χ3n) is 5.07. The van der Waals surface area contributed by atoms with E-state index in [-0.39, 0.29) is 5.82 Å². The van der Waals surface area contributed by atoms with Gasteiger partial charge in [0.15, 0.2) is 0 Å². The highest BCUT2D eigenvalue weighted by Crippen LogP contribution is 2.26. The highest BCUT2D eigenvalue weighted by molar-refractivity contribution is 7.90. The molecule has 0 bridgehead atoms. The Morgan fingerprint density at radius 1 is 1.15 bits per heavy atom. The number of hydrogen-bond acceptors (Lipinski definition) is 4. The molecular weight excluding hydrogens is 367 g/mol. The highest BCUT2D eigenvalue weighted by atomic mass is 32.2. The molecule has 0 amide bonds. The van der Waals surface area contributed by atoms with Crippen LogP contribution in [0, 0.1) is 11.7 Å². The van der Waals surface area contributed by atoms with Gasteiger partial charge in [-0.15, -0.1) is 0 Å². The van der Waals surface area contributed by atoms with Crippen molar-refractivity contribution in [2.24, 2.45) is 5.92 Å². The lowest BCUT2D eigenvalue weighted by atomic mass is 9.86. The summed E-state index contributed by atoms with van der Waals surface area (Å²) >= 11 is 0. The Hall–Kier alpha value is -1.93. The van der Waals surface area contributed by atoms with Gasteiger partial charge >= 0.3 is 0 Å². The van der Waals surface area contributed by atoms with Crippen molar-refractivity contribution in [3.8, 4) is 5.69 Å². The number of aromatic nitrogens is 2. The fourth-order valence-corrected chi connectivity index (χ4v) is 4.06. The Morgan fingerprint density at radius 2 is 1.81 bits per heavy atom. The van der Waals surface area contributed by atoms with Gasteiger partial charge in [0.1, 0.15) is 11.6 Å². The molecule has 2 aromatic rings. The molecular formula is C19H27FN4O2S. The molecule has 1 fully saturated rings. The van der Waals surface area contributed by atoms with E-state index in [9.17, 15) is 12.8 Å². The lowest BCUT2D eigenvalue weighted by Gasteiger charge is -2.29. The normalized spacial score (nSPS) is 20.7. The predicted molar refractivity (Wildman–Crippen MR) is 105 cm³/mol. The molecule has 2 N–H and O–H groups in total. The molecule has 6 nitrogen and oxygen atoms in total. The first-order valence-corrected chi connectivity index (χ1v) is 10.9. The molecule has 0 aliphatic heterocycles. The summed E-state index contributed by atoms with van der Waals surface area (Å²) in [6.45, 7) is 3.90. The van der Waals surface area contributed by atoms with Gasteiger partial charge in [0.05, 0.1) is 10.9 Å². The van der Waals surface area contributed by atoms with Crippen molar-refractivity contribution in [3.63, 3.8) is 0 Å². The van der Waals surface area contributed by atoms with Gasteiger partial charge in [-0.1, -0.05) is 0 Å². The van der Waals surface area contributed by atoms with Gasteiger partial charge < -0.3 is 5.32 Å². The topological polar surface area (TPSA) is 76.0 Å². The first-order chi connectivity index (χ1) is 12.8. The number of hydrogen-bond donors (Lipinski definition) is 2. The van der Waals surface area contributed by atoms with Gasteiger partial charge in [-0.3, -0.25) is 0 Å². The van der Waals surface area contributed by atoms with Crippen molar-refractivity contribution in [1.29, 1.82) is 0 Å². The molecule has 1 heterocycles. The molecule has 0 radical (unpaired) electrons. The maximum Gasteiger partial charge on any atom is 0.213 e. The van der Waals surface area contributed by atoms with E-state index in [1.54, 1.807) is 30.7 Å². The van der Waals surface area contributed by atoms with Gasteiger partial charge in [-0.25, -0.2) is 22.2 Å². The molecule has 0 spiro atoms. The molecule has 1 aliphatic carbocycles. The van der Waals surface area contributed by atoms with E-state index >= 15 is 0 Å². The fourth-order valence-electron chi connectivity index (χ4n) is 3.26. The molecule has 1 aromatic heterocycles. The maximum atomic E-state index is 13.0. The van der Waals surface area contributed by atoms with Crippen molar-refractivity contribution >= 4 is 15.8 Å². The second-order valence-corrected chi connectivity index (χ2v) is 9.75. The smallest absolute Gasteiger partial charge is 0.213 e. The number of rotatable bonds is 7. The number of nitrogens with one attached hydrogen (secondary N) is 2. The van der Waals surface area contributed by atoms with Gasteiger partial charge in [0, 0.05) is 24.8 Å². The second kappa shape index (κ2) is 8.39. The molecule has 0 atom stereocenters. The van der Waals surface area contributed by atoms with Gasteiger partial charge in [-0.05, 0) is 69.7 Å². The summed E-state index contributed by atoms with van der Waals surface area (Å²) in [6.07, 6.45) is 5.78. The molecule has 0 unspecified atom stereocenters. The first kappa shape index (κ1) is 19.8. The number of halogens is 1. The first-order valence-electron chi connectivity index (χ1n) is 9.40. The summed E-state index contributed by atoms with van der Waals surface area (Å²) < 4.78 is 41.2. The summed E-state index contributed by atoms with van der Waals surface area (Å²) in [4.78, 5) is 0. The van der Waals surface area contributed by atoms with E-state index < -0.39 is 15.3 Å². The van der Waals surface area contributed by atoms with Crippen LogP contribution in [0.3, 0.4) is 0 Å². The summed E-state index contributed by atoms with van der Waals surface area (Å²) in [5, 5.41) is 7.56. The molecule has 148 valence electrons. The van der Waals surface area contributed by atoms with Gasteiger partial charge in [-0.2, -0.15) is 5.10 Å².